The highest BCUT2D eigenvalue weighted by Crippen LogP contribution is 2.07. The van der Waals surface area contributed by atoms with Crippen molar-refractivity contribution >= 4 is 5.91 Å². The fourth-order valence-electron chi connectivity index (χ4n) is 1.93. The minimum Gasteiger partial charge on any atom is -0.361 e. The fraction of sp³-hybridized carbons (Fsp3) is 0.714. The first kappa shape index (κ1) is 15.7. The number of carbonyl (C=O) groups excluding carboxylic acids is 1. The molecule has 0 aromatic carbocycles. The maximum Gasteiger partial charge on any atom is 0.273 e. The zero-order valence-corrected chi connectivity index (χ0v) is 12.6. The van der Waals surface area contributed by atoms with Crippen LogP contribution in [-0.2, 0) is 6.42 Å². The first-order valence-electron chi connectivity index (χ1n) is 6.96. The van der Waals surface area contributed by atoms with Crippen molar-refractivity contribution in [1.82, 2.24) is 15.4 Å². The molecular weight excluding hydrogens is 242 g/mol. The number of aromatic nitrogens is 1. The Balaban J connectivity index is 2.55. The summed E-state index contributed by atoms with van der Waals surface area (Å²) in [6, 6.07) is 2.04. The van der Waals surface area contributed by atoms with Crippen LogP contribution >= 0.6 is 0 Å². The molecule has 1 amide bonds. The van der Waals surface area contributed by atoms with Crippen molar-refractivity contribution in [3.63, 3.8) is 0 Å². The van der Waals surface area contributed by atoms with Crippen LogP contribution in [0.3, 0.4) is 0 Å². The van der Waals surface area contributed by atoms with Gasteiger partial charge in [-0.2, -0.15) is 0 Å². The highest BCUT2D eigenvalue weighted by Gasteiger charge is 2.20. The van der Waals surface area contributed by atoms with Crippen LogP contribution in [0.25, 0.3) is 0 Å². The number of rotatable bonds is 7. The molecule has 19 heavy (non-hydrogen) atoms. The van der Waals surface area contributed by atoms with Crippen molar-refractivity contribution in [2.45, 2.75) is 52.6 Å². The van der Waals surface area contributed by atoms with Gasteiger partial charge in [-0.05, 0) is 33.9 Å². The van der Waals surface area contributed by atoms with Crippen molar-refractivity contribution in [3.8, 4) is 0 Å². The summed E-state index contributed by atoms with van der Waals surface area (Å²) < 4.78 is 5.04. The molecule has 5 heteroatoms. The molecule has 0 aliphatic carbocycles. The molecule has 0 aliphatic heterocycles. The summed E-state index contributed by atoms with van der Waals surface area (Å²) in [5, 5.41) is 6.75. The first-order chi connectivity index (χ1) is 8.99. The van der Waals surface area contributed by atoms with Crippen molar-refractivity contribution in [2.24, 2.45) is 0 Å². The molecule has 0 fully saturated rings. The van der Waals surface area contributed by atoms with E-state index in [0.717, 1.165) is 25.1 Å². The van der Waals surface area contributed by atoms with Gasteiger partial charge in [0, 0.05) is 24.6 Å². The predicted molar refractivity (Wildman–Crippen MR) is 75.2 cm³/mol. The molecule has 1 aromatic heterocycles. The third-order valence-corrected chi connectivity index (χ3v) is 3.49. The lowest BCUT2D eigenvalue weighted by Crippen LogP contribution is -2.47. The van der Waals surface area contributed by atoms with Crippen LogP contribution < -0.4 is 5.32 Å². The van der Waals surface area contributed by atoms with Crippen LogP contribution in [0.15, 0.2) is 10.6 Å². The van der Waals surface area contributed by atoms with Gasteiger partial charge in [-0.1, -0.05) is 19.0 Å². The van der Waals surface area contributed by atoms with E-state index in [2.05, 4.69) is 36.3 Å². The fourth-order valence-corrected chi connectivity index (χ4v) is 1.93. The lowest BCUT2D eigenvalue weighted by atomic mass is 10.1. The average molecular weight is 267 g/mol. The Morgan fingerprint density at radius 2 is 2.16 bits per heavy atom. The van der Waals surface area contributed by atoms with Crippen LogP contribution in [0.4, 0.5) is 0 Å². The second-order valence-corrected chi connectivity index (χ2v) is 5.02. The SMILES string of the molecule is CCCN(C)C(C)C(C)NC(=O)c1cc(CC)on1. The van der Waals surface area contributed by atoms with Crippen molar-refractivity contribution in [1.29, 1.82) is 0 Å². The lowest BCUT2D eigenvalue weighted by molar-refractivity contribution is 0.0904. The molecule has 0 saturated heterocycles. The Bertz CT molecular complexity index is 403. The van der Waals surface area contributed by atoms with E-state index in [1.165, 1.54) is 0 Å². The van der Waals surface area contributed by atoms with E-state index in [9.17, 15) is 4.79 Å². The van der Waals surface area contributed by atoms with Crippen molar-refractivity contribution in [3.05, 3.63) is 17.5 Å². The highest BCUT2D eigenvalue weighted by atomic mass is 16.5. The van der Waals surface area contributed by atoms with Crippen molar-refractivity contribution in [2.75, 3.05) is 13.6 Å². The molecule has 1 heterocycles. The molecule has 1 aromatic rings. The molecule has 1 N–H and O–H groups in total. The minimum absolute atomic E-state index is 0.0610. The molecule has 0 radical (unpaired) electrons. The molecule has 0 aliphatic rings. The number of hydrogen-bond donors (Lipinski definition) is 1. The molecular formula is C14H25N3O2. The van der Waals surface area contributed by atoms with Crippen LogP contribution in [0.5, 0.6) is 0 Å². The standard InChI is InChI=1S/C14H25N3O2/c1-6-8-17(5)11(4)10(3)15-14(18)13-9-12(7-2)19-16-13/h9-11H,6-8H2,1-5H3,(H,15,18). The second-order valence-electron chi connectivity index (χ2n) is 5.02. The summed E-state index contributed by atoms with van der Waals surface area (Å²) in [7, 11) is 2.07. The number of carbonyl (C=O) groups is 1. The number of nitrogens with one attached hydrogen (secondary N) is 1. The van der Waals surface area contributed by atoms with Gasteiger partial charge in [-0.25, -0.2) is 0 Å². The Morgan fingerprint density at radius 1 is 1.47 bits per heavy atom. The number of hydrogen-bond acceptors (Lipinski definition) is 4. The van der Waals surface area contributed by atoms with Crippen LogP contribution in [0.1, 0.15) is 50.4 Å². The molecule has 1 rings (SSSR count). The van der Waals surface area contributed by atoms with Gasteiger partial charge in [0.25, 0.3) is 5.91 Å². The third-order valence-electron chi connectivity index (χ3n) is 3.49. The summed E-state index contributed by atoms with van der Waals surface area (Å²) >= 11 is 0. The lowest BCUT2D eigenvalue weighted by Gasteiger charge is -2.29. The van der Waals surface area contributed by atoms with E-state index in [-0.39, 0.29) is 18.0 Å². The van der Waals surface area contributed by atoms with E-state index in [1.54, 1.807) is 6.07 Å². The van der Waals surface area contributed by atoms with Gasteiger partial charge >= 0.3 is 0 Å². The molecule has 2 unspecified atom stereocenters. The van der Waals surface area contributed by atoms with Gasteiger partial charge in [0.2, 0.25) is 0 Å². The highest BCUT2D eigenvalue weighted by molar-refractivity contribution is 5.92. The smallest absolute Gasteiger partial charge is 0.273 e. The molecule has 0 saturated carbocycles. The van der Waals surface area contributed by atoms with Gasteiger partial charge in [0.05, 0.1) is 0 Å². The summed E-state index contributed by atoms with van der Waals surface area (Å²) in [5.74, 6) is 0.557. The first-order valence-corrected chi connectivity index (χ1v) is 6.96. The molecule has 108 valence electrons. The zero-order valence-electron chi connectivity index (χ0n) is 12.6. The van der Waals surface area contributed by atoms with Gasteiger partial charge in [-0.15, -0.1) is 0 Å². The summed E-state index contributed by atoms with van der Waals surface area (Å²) in [6.07, 6.45) is 1.84. The topological polar surface area (TPSA) is 58.4 Å². The number of amides is 1. The normalized spacial score (nSPS) is 14.4. The largest absolute Gasteiger partial charge is 0.361 e. The Kier molecular flexibility index (Phi) is 6.02. The third kappa shape index (κ3) is 4.35. The minimum atomic E-state index is -0.173. The Morgan fingerprint density at radius 3 is 2.68 bits per heavy atom. The summed E-state index contributed by atoms with van der Waals surface area (Å²) in [4.78, 5) is 14.3. The van der Waals surface area contributed by atoms with E-state index >= 15 is 0 Å². The number of aryl methyl sites for hydroxylation is 1. The van der Waals surface area contributed by atoms with Crippen LogP contribution in [0, 0.1) is 0 Å². The molecule has 0 spiro atoms. The van der Waals surface area contributed by atoms with Gasteiger partial charge in [0.15, 0.2) is 5.69 Å². The van der Waals surface area contributed by atoms with E-state index < -0.39 is 0 Å². The van der Waals surface area contributed by atoms with Gasteiger partial charge in [0.1, 0.15) is 5.76 Å². The van der Waals surface area contributed by atoms with E-state index in [4.69, 9.17) is 4.52 Å². The van der Waals surface area contributed by atoms with Crippen LogP contribution in [0.2, 0.25) is 0 Å². The monoisotopic (exact) mass is 267 g/mol. The molecule has 0 bridgehead atoms. The van der Waals surface area contributed by atoms with Gasteiger partial charge < -0.3 is 14.7 Å². The quantitative estimate of drug-likeness (QED) is 0.822. The predicted octanol–water partition coefficient (Wildman–Crippen LogP) is 2.09. The number of likely N-dealkylation sites (N-methyl/N-ethyl adjacent to an activating group) is 1. The maximum atomic E-state index is 12.0. The average Bonchev–Trinajstić information content (AvgIpc) is 2.86. The van der Waals surface area contributed by atoms with Gasteiger partial charge in [-0.3, -0.25) is 4.79 Å². The molecule has 2 atom stereocenters. The van der Waals surface area contributed by atoms with E-state index in [0.29, 0.717) is 5.69 Å². The zero-order chi connectivity index (χ0) is 14.4. The Labute approximate surface area is 115 Å². The number of nitrogens with zero attached hydrogens (tertiary/aromatic N) is 2. The summed E-state index contributed by atoms with van der Waals surface area (Å²) in [5.41, 5.74) is 0.356. The van der Waals surface area contributed by atoms with Crippen LogP contribution in [-0.4, -0.2) is 41.6 Å². The Hall–Kier alpha value is -1.36. The molecule has 5 nitrogen and oxygen atoms in total. The summed E-state index contributed by atoms with van der Waals surface area (Å²) in [6.45, 7) is 9.25. The van der Waals surface area contributed by atoms with E-state index in [1.807, 2.05) is 13.8 Å². The second kappa shape index (κ2) is 7.28. The maximum absolute atomic E-state index is 12.0. The van der Waals surface area contributed by atoms with Crippen molar-refractivity contribution < 1.29 is 9.32 Å².